The number of hydrogen-bond donors (Lipinski definition) is 1. The number of aromatic nitrogens is 1. The molecule has 1 saturated carbocycles. The van der Waals surface area contributed by atoms with Gasteiger partial charge in [-0.2, -0.15) is 5.26 Å². The number of halogens is 2. The summed E-state index contributed by atoms with van der Waals surface area (Å²) in [6.45, 7) is 3.87. The molecule has 2 aromatic rings. The molecule has 0 atom stereocenters. The fraction of sp³-hybridized carbons (Fsp3) is 0.435. The van der Waals surface area contributed by atoms with E-state index in [0.29, 0.717) is 22.3 Å². The molecule has 0 bridgehead atoms. The minimum Gasteiger partial charge on any atom is -0.372 e. The average Bonchev–Trinajstić information content (AvgIpc) is 2.73. The Hall–Kier alpha value is -2.65. The predicted molar refractivity (Wildman–Crippen MR) is 116 cm³/mol. The fourth-order valence-corrected chi connectivity index (χ4v) is 4.04. The van der Waals surface area contributed by atoms with Crippen molar-refractivity contribution in [2.45, 2.75) is 57.5 Å². The van der Waals surface area contributed by atoms with Crippen molar-refractivity contribution < 1.29 is 9.18 Å². The van der Waals surface area contributed by atoms with E-state index in [9.17, 15) is 9.18 Å². The van der Waals surface area contributed by atoms with Crippen molar-refractivity contribution in [3.05, 3.63) is 58.1 Å². The summed E-state index contributed by atoms with van der Waals surface area (Å²) in [4.78, 5) is 18.9. The second-order valence-corrected chi connectivity index (χ2v) is 8.52. The fourth-order valence-electron chi connectivity index (χ4n) is 3.82. The van der Waals surface area contributed by atoms with Gasteiger partial charge in [-0.15, -0.1) is 0 Å². The molecule has 0 radical (unpaired) electrons. The summed E-state index contributed by atoms with van der Waals surface area (Å²) >= 11 is 6.16. The number of benzene rings is 1. The number of amides is 1. The first-order valence-electron chi connectivity index (χ1n) is 10.2. The topological polar surface area (TPSA) is 69.0 Å². The van der Waals surface area contributed by atoms with E-state index in [2.05, 4.69) is 21.3 Å². The molecule has 1 fully saturated rings. The first kappa shape index (κ1) is 22.0. The molecule has 0 spiro atoms. The van der Waals surface area contributed by atoms with Crippen LogP contribution in [0.25, 0.3) is 0 Å². The maximum Gasteiger partial charge on any atom is 0.256 e. The van der Waals surface area contributed by atoms with Crippen LogP contribution in [0.15, 0.2) is 30.5 Å². The van der Waals surface area contributed by atoms with Gasteiger partial charge in [0.1, 0.15) is 11.9 Å². The number of nitriles is 1. The molecular formula is C23H26ClFN4O. The number of anilines is 1. The van der Waals surface area contributed by atoms with E-state index in [-0.39, 0.29) is 17.5 Å². The lowest BCUT2D eigenvalue weighted by molar-refractivity contribution is 0.0921. The zero-order valence-electron chi connectivity index (χ0n) is 17.5. The van der Waals surface area contributed by atoms with Crippen LogP contribution in [0.5, 0.6) is 0 Å². The van der Waals surface area contributed by atoms with Crippen LogP contribution >= 0.6 is 11.6 Å². The lowest BCUT2D eigenvalue weighted by Gasteiger charge is -2.36. The number of nitrogens with one attached hydrogen (secondary N) is 1. The number of rotatable bonds is 5. The molecule has 0 unspecified atom stereocenters. The second kappa shape index (κ2) is 9.44. The number of carbonyl (C=O) groups excluding carboxylic acids is 1. The third-order valence-electron chi connectivity index (χ3n) is 5.77. The lowest BCUT2D eigenvalue weighted by Crippen LogP contribution is -2.43. The largest absolute Gasteiger partial charge is 0.372 e. The summed E-state index contributed by atoms with van der Waals surface area (Å²) in [5, 5.41) is 12.4. The van der Waals surface area contributed by atoms with E-state index in [4.69, 9.17) is 16.9 Å². The standard InChI is InChI=1S/C23H26ClFN4O/c1-14(2)22-11-21(25)19(13-27-22)23(30)28-16-5-8-17(9-6-16)29(3)18-7-4-15(12-26)20(24)10-18/h4,7,10-11,13-14,16-17H,5-6,8-9H2,1-3H3,(H,28,30). The molecule has 1 aliphatic carbocycles. The third-order valence-corrected chi connectivity index (χ3v) is 6.08. The van der Waals surface area contributed by atoms with Crippen LogP contribution in [0, 0.1) is 17.1 Å². The van der Waals surface area contributed by atoms with E-state index < -0.39 is 11.7 Å². The zero-order valence-corrected chi connectivity index (χ0v) is 18.2. The van der Waals surface area contributed by atoms with E-state index in [1.807, 2.05) is 33.0 Å². The molecule has 1 amide bonds. The monoisotopic (exact) mass is 428 g/mol. The number of nitrogens with zero attached hydrogens (tertiary/aromatic N) is 3. The van der Waals surface area contributed by atoms with Crippen LogP contribution in [-0.2, 0) is 0 Å². The van der Waals surface area contributed by atoms with Crippen molar-refractivity contribution in [2.24, 2.45) is 0 Å². The van der Waals surface area contributed by atoms with Crippen molar-refractivity contribution >= 4 is 23.2 Å². The van der Waals surface area contributed by atoms with Crippen LogP contribution in [-0.4, -0.2) is 30.0 Å². The molecule has 1 heterocycles. The summed E-state index contributed by atoms with van der Waals surface area (Å²) in [6.07, 6.45) is 4.74. The van der Waals surface area contributed by atoms with Gasteiger partial charge in [0.15, 0.2) is 0 Å². The molecule has 1 aromatic carbocycles. The van der Waals surface area contributed by atoms with Gasteiger partial charge >= 0.3 is 0 Å². The van der Waals surface area contributed by atoms with Crippen LogP contribution < -0.4 is 10.2 Å². The third kappa shape index (κ3) is 4.91. The van der Waals surface area contributed by atoms with Crippen molar-refractivity contribution in [3.8, 4) is 6.07 Å². The van der Waals surface area contributed by atoms with Gasteiger partial charge < -0.3 is 10.2 Å². The highest BCUT2D eigenvalue weighted by Crippen LogP contribution is 2.29. The van der Waals surface area contributed by atoms with E-state index in [1.165, 1.54) is 12.3 Å². The number of carbonyl (C=O) groups is 1. The maximum absolute atomic E-state index is 14.3. The van der Waals surface area contributed by atoms with Crippen molar-refractivity contribution in [2.75, 3.05) is 11.9 Å². The Balaban J connectivity index is 1.57. The first-order valence-corrected chi connectivity index (χ1v) is 10.6. The summed E-state index contributed by atoms with van der Waals surface area (Å²) in [5.74, 6) is -0.835. The van der Waals surface area contributed by atoms with Crippen molar-refractivity contribution in [1.82, 2.24) is 10.3 Å². The van der Waals surface area contributed by atoms with Gasteiger partial charge in [0, 0.05) is 36.7 Å². The zero-order chi connectivity index (χ0) is 21.8. The Kier molecular flexibility index (Phi) is 6.94. The number of hydrogen-bond acceptors (Lipinski definition) is 4. The SMILES string of the molecule is CC(C)c1cc(F)c(C(=O)NC2CCC(N(C)c3ccc(C#N)c(Cl)c3)CC2)cn1. The van der Waals surface area contributed by atoms with Gasteiger partial charge in [0.05, 0.1) is 16.1 Å². The van der Waals surface area contributed by atoms with E-state index in [0.717, 1.165) is 31.4 Å². The minimum atomic E-state index is -0.530. The van der Waals surface area contributed by atoms with E-state index in [1.54, 1.807) is 6.07 Å². The highest BCUT2D eigenvalue weighted by molar-refractivity contribution is 6.32. The molecular weight excluding hydrogens is 403 g/mol. The molecule has 1 aromatic heterocycles. The van der Waals surface area contributed by atoms with Crippen LogP contribution in [0.2, 0.25) is 5.02 Å². The minimum absolute atomic E-state index is 0.00846. The summed E-state index contributed by atoms with van der Waals surface area (Å²) in [5.41, 5.74) is 2.05. The molecule has 1 N–H and O–H groups in total. The van der Waals surface area contributed by atoms with Crippen LogP contribution in [0.1, 0.15) is 67.1 Å². The molecule has 0 aliphatic heterocycles. The van der Waals surface area contributed by atoms with Gasteiger partial charge in [-0.1, -0.05) is 25.4 Å². The molecule has 158 valence electrons. The van der Waals surface area contributed by atoms with Crippen molar-refractivity contribution in [1.29, 1.82) is 5.26 Å². The average molecular weight is 429 g/mol. The molecule has 7 heteroatoms. The Bertz CT molecular complexity index is 964. The summed E-state index contributed by atoms with van der Waals surface area (Å²) < 4.78 is 14.3. The summed E-state index contributed by atoms with van der Waals surface area (Å²) in [7, 11) is 2.01. The van der Waals surface area contributed by atoms with Gasteiger partial charge in [-0.25, -0.2) is 4.39 Å². The Morgan fingerprint density at radius 2 is 2.00 bits per heavy atom. The molecule has 3 rings (SSSR count). The highest BCUT2D eigenvalue weighted by atomic mass is 35.5. The quantitative estimate of drug-likeness (QED) is 0.723. The Morgan fingerprint density at radius 1 is 1.30 bits per heavy atom. The van der Waals surface area contributed by atoms with Gasteiger partial charge in [-0.3, -0.25) is 9.78 Å². The molecule has 30 heavy (non-hydrogen) atoms. The normalized spacial score (nSPS) is 18.7. The van der Waals surface area contributed by atoms with Gasteiger partial charge in [0.2, 0.25) is 0 Å². The van der Waals surface area contributed by atoms with Crippen LogP contribution in [0.4, 0.5) is 10.1 Å². The van der Waals surface area contributed by atoms with Gasteiger partial charge in [-0.05, 0) is 55.9 Å². The highest BCUT2D eigenvalue weighted by Gasteiger charge is 2.26. The smallest absolute Gasteiger partial charge is 0.256 e. The Labute approximate surface area is 181 Å². The Morgan fingerprint density at radius 3 is 2.57 bits per heavy atom. The predicted octanol–water partition coefficient (Wildman–Crippen LogP) is 5.05. The van der Waals surface area contributed by atoms with Crippen molar-refractivity contribution in [3.63, 3.8) is 0 Å². The molecule has 5 nitrogen and oxygen atoms in total. The first-order chi connectivity index (χ1) is 14.3. The van der Waals surface area contributed by atoms with Gasteiger partial charge in [0.25, 0.3) is 5.91 Å². The van der Waals surface area contributed by atoms with E-state index >= 15 is 0 Å². The maximum atomic E-state index is 14.3. The molecule has 1 aliphatic rings. The number of pyridine rings is 1. The second-order valence-electron chi connectivity index (χ2n) is 8.11. The van der Waals surface area contributed by atoms with Crippen LogP contribution in [0.3, 0.4) is 0 Å². The molecule has 0 saturated heterocycles. The summed E-state index contributed by atoms with van der Waals surface area (Å²) in [6, 6.07) is 9.17. The lowest BCUT2D eigenvalue weighted by atomic mass is 9.90.